The lowest BCUT2D eigenvalue weighted by Gasteiger charge is -1.94. The molecular formula is C9H4Cl2O2S. The highest BCUT2D eigenvalue weighted by Crippen LogP contribution is 2.36. The van der Waals surface area contributed by atoms with Gasteiger partial charge in [0.05, 0.1) is 14.7 Å². The second kappa shape index (κ2) is 3.42. The van der Waals surface area contributed by atoms with Gasteiger partial charge in [-0.3, -0.25) is 0 Å². The Morgan fingerprint density at radius 1 is 1.36 bits per heavy atom. The average Bonchev–Trinajstić information content (AvgIpc) is 2.56. The van der Waals surface area contributed by atoms with Gasteiger partial charge in [-0.2, -0.15) is 0 Å². The molecule has 2 aromatic rings. The number of hydrogen-bond donors (Lipinski definition) is 1. The number of carboxylic acid groups (broad SMARTS) is 1. The van der Waals surface area contributed by atoms with E-state index < -0.39 is 5.97 Å². The molecule has 72 valence electrons. The van der Waals surface area contributed by atoms with Crippen LogP contribution in [0.3, 0.4) is 0 Å². The molecule has 0 saturated carbocycles. The van der Waals surface area contributed by atoms with Crippen molar-refractivity contribution in [2.75, 3.05) is 0 Å². The number of aromatic carboxylic acids is 1. The van der Waals surface area contributed by atoms with E-state index >= 15 is 0 Å². The highest BCUT2D eigenvalue weighted by Gasteiger charge is 2.11. The first-order valence-electron chi connectivity index (χ1n) is 3.70. The van der Waals surface area contributed by atoms with E-state index in [4.69, 9.17) is 28.3 Å². The molecule has 0 saturated heterocycles. The van der Waals surface area contributed by atoms with Crippen LogP contribution in [-0.2, 0) is 0 Å². The highest BCUT2D eigenvalue weighted by molar-refractivity contribution is 7.21. The van der Waals surface area contributed by atoms with Crippen LogP contribution in [0.5, 0.6) is 0 Å². The number of carbonyl (C=O) groups is 1. The molecule has 0 spiro atoms. The van der Waals surface area contributed by atoms with E-state index in [0.717, 1.165) is 21.4 Å². The Labute approximate surface area is 93.7 Å². The molecule has 0 amide bonds. The summed E-state index contributed by atoms with van der Waals surface area (Å²) in [7, 11) is 0. The fourth-order valence-corrected chi connectivity index (χ4v) is 2.59. The van der Waals surface area contributed by atoms with E-state index in [9.17, 15) is 4.79 Å². The smallest absolute Gasteiger partial charge is 0.345 e. The predicted octanol–water partition coefficient (Wildman–Crippen LogP) is 3.91. The lowest BCUT2D eigenvalue weighted by atomic mass is 10.2. The lowest BCUT2D eigenvalue weighted by Crippen LogP contribution is -1.89. The predicted molar refractivity (Wildman–Crippen MR) is 58.8 cm³/mol. The van der Waals surface area contributed by atoms with Crippen molar-refractivity contribution in [1.29, 1.82) is 0 Å². The van der Waals surface area contributed by atoms with Crippen LogP contribution in [0.15, 0.2) is 18.2 Å². The van der Waals surface area contributed by atoms with E-state index in [-0.39, 0.29) is 4.88 Å². The van der Waals surface area contributed by atoms with Crippen LogP contribution in [0.2, 0.25) is 10.0 Å². The molecule has 0 unspecified atom stereocenters. The van der Waals surface area contributed by atoms with Gasteiger partial charge >= 0.3 is 5.97 Å². The summed E-state index contributed by atoms with van der Waals surface area (Å²) in [6.45, 7) is 0. The van der Waals surface area contributed by atoms with E-state index in [1.165, 1.54) is 0 Å². The Hall–Kier alpha value is -0.770. The van der Waals surface area contributed by atoms with Crippen LogP contribution >= 0.6 is 34.5 Å². The number of carboxylic acids is 1. The summed E-state index contributed by atoms with van der Waals surface area (Å²) < 4.78 is 0.719. The zero-order valence-electron chi connectivity index (χ0n) is 6.75. The normalized spacial score (nSPS) is 10.7. The Kier molecular flexibility index (Phi) is 2.39. The summed E-state index contributed by atoms with van der Waals surface area (Å²) >= 11 is 12.9. The van der Waals surface area contributed by atoms with Gasteiger partial charge in [0.2, 0.25) is 0 Å². The molecule has 1 N–H and O–H groups in total. The summed E-state index contributed by atoms with van der Waals surface area (Å²) in [4.78, 5) is 11.0. The van der Waals surface area contributed by atoms with Crippen LogP contribution in [0.1, 0.15) is 9.67 Å². The molecule has 0 aliphatic heterocycles. The van der Waals surface area contributed by atoms with Crippen LogP contribution in [0, 0.1) is 0 Å². The van der Waals surface area contributed by atoms with Gasteiger partial charge in [0.1, 0.15) is 4.88 Å². The maximum Gasteiger partial charge on any atom is 0.345 e. The van der Waals surface area contributed by atoms with Crippen molar-refractivity contribution in [2.45, 2.75) is 0 Å². The molecule has 0 fully saturated rings. The molecule has 5 heteroatoms. The zero-order chi connectivity index (χ0) is 10.3. The SMILES string of the molecule is O=C(O)c1cc2ccc(Cl)c(Cl)c2s1. The van der Waals surface area contributed by atoms with Gasteiger partial charge in [0.15, 0.2) is 0 Å². The third kappa shape index (κ3) is 1.47. The number of rotatable bonds is 1. The van der Waals surface area contributed by atoms with E-state index in [1.807, 2.05) is 0 Å². The minimum Gasteiger partial charge on any atom is -0.477 e. The quantitative estimate of drug-likeness (QED) is 0.829. The number of thiophene rings is 1. The summed E-state index contributed by atoms with van der Waals surface area (Å²) in [5.41, 5.74) is 0. The molecule has 1 aromatic heterocycles. The average molecular weight is 247 g/mol. The van der Waals surface area contributed by atoms with Crippen molar-refractivity contribution in [2.24, 2.45) is 0 Å². The Morgan fingerprint density at radius 3 is 2.71 bits per heavy atom. The second-order valence-corrected chi connectivity index (χ2v) is 4.53. The van der Waals surface area contributed by atoms with Gasteiger partial charge in [-0.1, -0.05) is 29.3 Å². The molecule has 0 aliphatic rings. The van der Waals surface area contributed by atoms with E-state index in [1.54, 1.807) is 18.2 Å². The van der Waals surface area contributed by atoms with E-state index in [2.05, 4.69) is 0 Å². The van der Waals surface area contributed by atoms with Gasteiger partial charge in [-0.05, 0) is 17.5 Å². The monoisotopic (exact) mass is 246 g/mol. The summed E-state index contributed by atoms with van der Waals surface area (Å²) in [6.07, 6.45) is 0. The van der Waals surface area contributed by atoms with Crippen LogP contribution in [0.25, 0.3) is 10.1 Å². The van der Waals surface area contributed by atoms with Crippen LogP contribution in [0.4, 0.5) is 0 Å². The van der Waals surface area contributed by atoms with Crippen molar-refractivity contribution in [1.82, 2.24) is 0 Å². The van der Waals surface area contributed by atoms with Crippen molar-refractivity contribution in [3.63, 3.8) is 0 Å². The third-order valence-corrected chi connectivity index (χ3v) is 3.86. The molecule has 14 heavy (non-hydrogen) atoms. The molecular weight excluding hydrogens is 243 g/mol. The number of hydrogen-bond acceptors (Lipinski definition) is 2. The van der Waals surface area contributed by atoms with Crippen molar-refractivity contribution in [3.8, 4) is 0 Å². The fraction of sp³-hybridized carbons (Fsp3) is 0. The van der Waals surface area contributed by atoms with Gasteiger partial charge in [-0.15, -0.1) is 11.3 Å². The molecule has 1 aromatic carbocycles. The lowest BCUT2D eigenvalue weighted by molar-refractivity contribution is 0.0702. The van der Waals surface area contributed by atoms with Gasteiger partial charge < -0.3 is 5.11 Å². The fourth-order valence-electron chi connectivity index (χ4n) is 1.15. The summed E-state index contributed by atoms with van der Waals surface area (Å²) in [6, 6.07) is 5.00. The molecule has 0 bridgehead atoms. The van der Waals surface area contributed by atoms with Gasteiger partial charge in [0.25, 0.3) is 0 Å². The molecule has 0 aliphatic carbocycles. The molecule has 0 radical (unpaired) electrons. The summed E-state index contributed by atoms with van der Waals surface area (Å²) in [5, 5.41) is 10.4. The number of fused-ring (bicyclic) bond motifs is 1. The molecule has 2 rings (SSSR count). The molecule has 0 atom stereocenters. The number of halogens is 2. The van der Waals surface area contributed by atoms with E-state index in [0.29, 0.717) is 10.0 Å². The topological polar surface area (TPSA) is 37.3 Å². The van der Waals surface area contributed by atoms with Crippen LogP contribution in [-0.4, -0.2) is 11.1 Å². The van der Waals surface area contributed by atoms with Crippen molar-refractivity contribution in [3.05, 3.63) is 33.1 Å². The Morgan fingerprint density at radius 2 is 2.07 bits per heavy atom. The first-order chi connectivity index (χ1) is 6.59. The maximum absolute atomic E-state index is 10.7. The second-order valence-electron chi connectivity index (χ2n) is 2.70. The zero-order valence-corrected chi connectivity index (χ0v) is 9.08. The summed E-state index contributed by atoms with van der Waals surface area (Å²) in [5.74, 6) is -0.946. The van der Waals surface area contributed by atoms with Gasteiger partial charge in [0, 0.05) is 0 Å². The minimum atomic E-state index is -0.946. The van der Waals surface area contributed by atoms with Gasteiger partial charge in [-0.25, -0.2) is 4.79 Å². The highest BCUT2D eigenvalue weighted by atomic mass is 35.5. The largest absolute Gasteiger partial charge is 0.477 e. The Balaban J connectivity index is 2.77. The number of benzene rings is 1. The third-order valence-electron chi connectivity index (χ3n) is 1.79. The first kappa shape index (κ1) is 9.77. The Bertz CT molecular complexity index is 519. The van der Waals surface area contributed by atoms with Crippen molar-refractivity contribution < 1.29 is 9.90 Å². The van der Waals surface area contributed by atoms with Crippen LogP contribution < -0.4 is 0 Å². The standard InChI is InChI=1S/C9H4Cl2O2S/c10-5-2-1-4-3-6(9(12)13)14-8(4)7(5)11/h1-3H,(H,12,13). The maximum atomic E-state index is 10.7. The van der Waals surface area contributed by atoms with Crippen molar-refractivity contribution >= 4 is 50.6 Å². The minimum absolute atomic E-state index is 0.268. The first-order valence-corrected chi connectivity index (χ1v) is 5.27. The molecule has 2 nitrogen and oxygen atoms in total. The molecule has 1 heterocycles.